The second-order valence-corrected chi connectivity index (χ2v) is 6.61. The van der Waals surface area contributed by atoms with Gasteiger partial charge >= 0.3 is 0 Å². The van der Waals surface area contributed by atoms with Crippen molar-refractivity contribution in [3.8, 4) is 11.3 Å². The first-order valence-corrected chi connectivity index (χ1v) is 9.26. The molecule has 4 rings (SSSR count). The normalized spacial score (nSPS) is 14.8. The molecule has 0 spiro atoms. The van der Waals surface area contributed by atoms with E-state index in [0.29, 0.717) is 12.2 Å². The van der Waals surface area contributed by atoms with Gasteiger partial charge in [-0.3, -0.25) is 9.69 Å². The maximum atomic E-state index is 11.6. The molecule has 0 bridgehead atoms. The Balaban J connectivity index is 1.32. The number of carbonyl (C=O) groups is 1. The molecule has 8 heteroatoms. The molecule has 1 aliphatic rings. The van der Waals surface area contributed by atoms with E-state index in [2.05, 4.69) is 30.3 Å². The van der Waals surface area contributed by atoms with E-state index in [9.17, 15) is 4.79 Å². The summed E-state index contributed by atoms with van der Waals surface area (Å²) in [6.07, 6.45) is 1.71. The Kier molecular flexibility index (Phi) is 5.29. The van der Waals surface area contributed by atoms with E-state index < -0.39 is 0 Å². The highest BCUT2D eigenvalue weighted by Crippen LogP contribution is 2.19. The predicted molar refractivity (Wildman–Crippen MR) is 105 cm³/mol. The van der Waals surface area contributed by atoms with Crippen molar-refractivity contribution in [3.63, 3.8) is 0 Å². The minimum atomic E-state index is -0.232. The topological polar surface area (TPSA) is 87.4 Å². The highest BCUT2D eigenvalue weighted by molar-refractivity contribution is 5.91. The fraction of sp³-hybridized carbons (Fsp3) is 0.300. The van der Waals surface area contributed by atoms with Crippen LogP contribution in [0.5, 0.6) is 0 Å². The molecule has 0 saturated carbocycles. The number of benzene rings is 1. The lowest BCUT2D eigenvalue weighted by molar-refractivity contribution is 0.0957. The van der Waals surface area contributed by atoms with Crippen molar-refractivity contribution in [2.45, 2.75) is 6.54 Å². The molecule has 3 heterocycles. The van der Waals surface area contributed by atoms with Crippen LogP contribution in [0.2, 0.25) is 0 Å². The SMILES string of the molecule is CNC(=O)c1ccc(N2CCN(Cc3nc(-c4ccccc4)co3)CC2)nn1. The van der Waals surface area contributed by atoms with E-state index in [1.54, 1.807) is 19.4 Å². The largest absolute Gasteiger partial charge is 0.447 e. The third-order valence-corrected chi connectivity index (χ3v) is 4.79. The van der Waals surface area contributed by atoms with Crippen LogP contribution in [0.15, 0.2) is 53.1 Å². The van der Waals surface area contributed by atoms with Crippen molar-refractivity contribution in [3.05, 3.63) is 60.3 Å². The smallest absolute Gasteiger partial charge is 0.271 e. The number of amides is 1. The van der Waals surface area contributed by atoms with Gasteiger partial charge in [-0.05, 0) is 12.1 Å². The first kappa shape index (κ1) is 18.1. The van der Waals surface area contributed by atoms with Crippen molar-refractivity contribution in [2.24, 2.45) is 0 Å². The average Bonchev–Trinajstić information content (AvgIpc) is 3.23. The number of hydrogen-bond acceptors (Lipinski definition) is 7. The van der Waals surface area contributed by atoms with Gasteiger partial charge < -0.3 is 14.6 Å². The second-order valence-electron chi connectivity index (χ2n) is 6.61. The molecule has 0 aliphatic carbocycles. The van der Waals surface area contributed by atoms with Crippen LogP contribution in [0.4, 0.5) is 5.82 Å². The number of piperazine rings is 1. The Labute approximate surface area is 163 Å². The molecule has 144 valence electrons. The first-order valence-electron chi connectivity index (χ1n) is 9.26. The summed E-state index contributed by atoms with van der Waals surface area (Å²) >= 11 is 0. The summed E-state index contributed by atoms with van der Waals surface area (Å²) in [4.78, 5) is 20.6. The standard InChI is InChI=1S/C20H22N6O2/c1-21-20(27)16-7-8-18(24-23-16)26-11-9-25(10-12-26)13-19-22-17(14-28-19)15-5-3-2-4-6-15/h2-8,14H,9-13H2,1H3,(H,21,27). The molecule has 0 unspecified atom stereocenters. The molecule has 0 radical (unpaired) electrons. The fourth-order valence-electron chi connectivity index (χ4n) is 3.19. The highest BCUT2D eigenvalue weighted by Gasteiger charge is 2.20. The number of carbonyl (C=O) groups excluding carboxylic acids is 1. The highest BCUT2D eigenvalue weighted by atomic mass is 16.3. The van der Waals surface area contributed by atoms with Crippen LogP contribution < -0.4 is 10.2 Å². The van der Waals surface area contributed by atoms with Gasteiger partial charge in [-0.2, -0.15) is 0 Å². The van der Waals surface area contributed by atoms with E-state index in [1.165, 1.54) is 0 Å². The third-order valence-electron chi connectivity index (χ3n) is 4.79. The summed E-state index contributed by atoms with van der Waals surface area (Å²) in [7, 11) is 1.58. The van der Waals surface area contributed by atoms with Crippen LogP contribution in [0.25, 0.3) is 11.3 Å². The van der Waals surface area contributed by atoms with Crippen molar-refractivity contribution in [1.82, 2.24) is 25.4 Å². The van der Waals surface area contributed by atoms with Crippen LogP contribution in [-0.2, 0) is 6.54 Å². The van der Waals surface area contributed by atoms with Gasteiger partial charge in [0.2, 0.25) is 5.89 Å². The quantitative estimate of drug-likeness (QED) is 0.724. The van der Waals surface area contributed by atoms with E-state index in [-0.39, 0.29) is 5.91 Å². The molecule has 2 aromatic heterocycles. The van der Waals surface area contributed by atoms with Gasteiger partial charge in [0.25, 0.3) is 5.91 Å². The molecule has 1 aromatic carbocycles. The van der Waals surface area contributed by atoms with Gasteiger partial charge in [-0.15, -0.1) is 10.2 Å². The van der Waals surface area contributed by atoms with Crippen LogP contribution in [0.3, 0.4) is 0 Å². The number of hydrogen-bond donors (Lipinski definition) is 1. The molecule has 1 aliphatic heterocycles. The van der Waals surface area contributed by atoms with Crippen molar-refractivity contribution in [1.29, 1.82) is 0 Å². The minimum absolute atomic E-state index is 0.232. The number of anilines is 1. The molecular weight excluding hydrogens is 356 g/mol. The van der Waals surface area contributed by atoms with Crippen molar-refractivity contribution < 1.29 is 9.21 Å². The predicted octanol–water partition coefficient (Wildman–Crippen LogP) is 1.81. The Hall–Kier alpha value is -3.26. The Morgan fingerprint density at radius 2 is 1.86 bits per heavy atom. The molecule has 8 nitrogen and oxygen atoms in total. The molecule has 28 heavy (non-hydrogen) atoms. The molecular formula is C20H22N6O2. The minimum Gasteiger partial charge on any atom is -0.447 e. The molecule has 1 N–H and O–H groups in total. The van der Waals surface area contributed by atoms with Gasteiger partial charge in [0, 0.05) is 38.8 Å². The van der Waals surface area contributed by atoms with E-state index in [0.717, 1.165) is 49.1 Å². The van der Waals surface area contributed by atoms with Crippen molar-refractivity contribution >= 4 is 11.7 Å². The molecule has 1 amide bonds. The third kappa shape index (κ3) is 4.01. The van der Waals surface area contributed by atoms with E-state index in [1.807, 2.05) is 36.4 Å². The number of rotatable bonds is 5. The van der Waals surface area contributed by atoms with Gasteiger partial charge in [0.1, 0.15) is 12.0 Å². The number of nitrogens with zero attached hydrogens (tertiary/aromatic N) is 5. The summed E-state index contributed by atoms with van der Waals surface area (Å²) in [6.45, 7) is 4.10. The average molecular weight is 378 g/mol. The summed E-state index contributed by atoms with van der Waals surface area (Å²) < 4.78 is 5.65. The zero-order chi connectivity index (χ0) is 19.3. The van der Waals surface area contributed by atoms with Gasteiger partial charge in [0.05, 0.1) is 6.54 Å². The van der Waals surface area contributed by atoms with Crippen LogP contribution in [-0.4, -0.2) is 59.2 Å². The maximum Gasteiger partial charge on any atom is 0.271 e. The number of nitrogens with one attached hydrogen (secondary N) is 1. The maximum absolute atomic E-state index is 11.6. The monoisotopic (exact) mass is 378 g/mol. The number of oxazole rings is 1. The Bertz CT molecular complexity index is 917. The fourth-order valence-corrected chi connectivity index (χ4v) is 3.19. The van der Waals surface area contributed by atoms with Gasteiger partial charge in [-0.25, -0.2) is 4.98 Å². The molecule has 1 saturated heterocycles. The zero-order valence-corrected chi connectivity index (χ0v) is 15.7. The molecule has 1 fully saturated rings. The lowest BCUT2D eigenvalue weighted by atomic mass is 10.2. The Morgan fingerprint density at radius 3 is 2.54 bits per heavy atom. The molecule has 3 aromatic rings. The second kappa shape index (κ2) is 8.18. The van der Waals surface area contributed by atoms with E-state index >= 15 is 0 Å². The summed E-state index contributed by atoms with van der Waals surface area (Å²) in [5, 5.41) is 10.7. The lowest BCUT2D eigenvalue weighted by Crippen LogP contribution is -2.46. The Morgan fingerprint density at radius 1 is 1.07 bits per heavy atom. The summed E-state index contributed by atoms with van der Waals surface area (Å²) in [5.74, 6) is 1.28. The molecule has 0 atom stereocenters. The summed E-state index contributed by atoms with van der Waals surface area (Å²) in [6, 6.07) is 13.6. The number of aromatic nitrogens is 3. The van der Waals surface area contributed by atoms with Gasteiger partial charge in [0.15, 0.2) is 11.5 Å². The van der Waals surface area contributed by atoms with Crippen LogP contribution >= 0.6 is 0 Å². The van der Waals surface area contributed by atoms with Gasteiger partial charge in [-0.1, -0.05) is 30.3 Å². The van der Waals surface area contributed by atoms with Crippen LogP contribution in [0, 0.1) is 0 Å². The van der Waals surface area contributed by atoms with Crippen molar-refractivity contribution in [2.75, 3.05) is 38.1 Å². The first-order chi connectivity index (χ1) is 13.7. The summed E-state index contributed by atoms with van der Waals surface area (Å²) in [5.41, 5.74) is 2.24. The van der Waals surface area contributed by atoms with E-state index in [4.69, 9.17) is 4.42 Å². The van der Waals surface area contributed by atoms with Crippen LogP contribution in [0.1, 0.15) is 16.4 Å². The zero-order valence-electron chi connectivity index (χ0n) is 15.7. The lowest BCUT2D eigenvalue weighted by Gasteiger charge is -2.34.